The lowest BCUT2D eigenvalue weighted by Gasteiger charge is -2.14. The molecule has 0 radical (unpaired) electrons. The number of hydrogen-bond donors (Lipinski definition) is 2. The average molecular weight is 433 g/mol. The van der Waals surface area contributed by atoms with Crippen molar-refractivity contribution in [3.63, 3.8) is 0 Å². The van der Waals surface area contributed by atoms with Gasteiger partial charge in [0, 0.05) is 37.1 Å². The Morgan fingerprint density at radius 2 is 1.67 bits per heavy atom. The molecule has 3 N–H and O–H groups in total. The highest BCUT2D eigenvalue weighted by Crippen LogP contribution is 2.18. The number of hydrogen-bond acceptors (Lipinski definition) is 5. The Kier molecular flexibility index (Phi) is 8.86. The van der Waals surface area contributed by atoms with Gasteiger partial charge in [0.15, 0.2) is 5.78 Å². The number of carbonyl (C=O) groups is 4. The Morgan fingerprint density at radius 1 is 1.00 bits per heavy atom. The van der Waals surface area contributed by atoms with E-state index in [0.29, 0.717) is 4.88 Å². The van der Waals surface area contributed by atoms with Crippen LogP contribution in [0.1, 0.15) is 45.8 Å². The summed E-state index contributed by atoms with van der Waals surface area (Å²) in [4.78, 5) is 49.3. The summed E-state index contributed by atoms with van der Waals surface area (Å²) < 4.78 is 13.0. The molecule has 0 saturated heterocycles. The number of aryl methyl sites for hydroxylation is 1. The highest BCUT2D eigenvalue weighted by molar-refractivity contribution is 7.14. The van der Waals surface area contributed by atoms with E-state index in [1.807, 2.05) is 13.0 Å². The number of primary amides is 1. The van der Waals surface area contributed by atoms with Crippen LogP contribution in [0.2, 0.25) is 0 Å². The van der Waals surface area contributed by atoms with Gasteiger partial charge in [-0.1, -0.05) is 12.1 Å². The van der Waals surface area contributed by atoms with E-state index in [1.54, 1.807) is 18.2 Å². The van der Waals surface area contributed by atoms with E-state index in [1.165, 1.54) is 23.5 Å². The Morgan fingerprint density at radius 3 is 2.27 bits per heavy atom. The van der Waals surface area contributed by atoms with E-state index in [4.69, 9.17) is 5.73 Å². The highest BCUT2D eigenvalue weighted by atomic mass is 32.1. The largest absolute Gasteiger partial charge is 0.369 e. The monoisotopic (exact) mass is 432 g/mol. The van der Waals surface area contributed by atoms with Crippen molar-refractivity contribution >= 4 is 34.7 Å². The molecule has 0 spiro atoms. The summed E-state index contributed by atoms with van der Waals surface area (Å²) in [5, 5.41) is 2.61. The van der Waals surface area contributed by atoms with Crippen LogP contribution in [-0.4, -0.2) is 29.9 Å². The molecule has 30 heavy (non-hydrogen) atoms. The van der Waals surface area contributed by atoms with Gasteiger partial charge in [-0.15, -0.1) is 11.3 Å². The molecule has 2 rings (SSSR count). The number of halogens is 1. The lowest BCUT2D eigenvalue weighted by molar-refractivity contribution is -0.126. The lowest BCUT2D eigenvalue weighted by Crippen LogP contribution is -2.37. The fraction of sp³-hybridized carbons (Fsp3) is 0.364. The predicted molar refractivity (Wildman–Crippen MR) is 113 cm³/mol. The summed E-state index contributed by atoms with van der Waals surface area (Å²) in [7, 11) is 0. The molecule has 0 bridgehead atoms. The molecule has 0 saturated carbocycles. The molecule has 2 amide bonds. The molecule has 1 aromatic carbocycles. The number of nitrogens with two attached hydrogens (primary N) is 1. The number of nitrogens with one attached hydrogen (secondary N) is 1. The standard InChI is InChI=1S/C22H25FN2O4S/c1-14-2-10-20(30-14)19(27)9-7-18(26)8-11-21(28)25-13-16(22(24)29)12-15-3-5-17(23)6-4-15/h2-6,10,16H,7-9,11-13H2,1H3,(H2,24,29)(H,25,28). The minimum atomic E-state index is -0.637. The number of ketones is 2. The SMILES string of the molecule is Cc1ccc(C(=O)CCC(=O)CCC(=O)NCC(Cc2ccc(F)cc2)C(N)=O)s1. The van der Waals surface area contributed by atoms with Crippen LogP contribution in [-0.2, 0) is 20.8 Å². The Balaban J connectivity index is 1.70. The normalized spacial score (nSPS) is 11.7. The smallest absolute Gasteiger partial charge is 0.222 e. The third-order valence-electron chi connectivity index (χ3n) is 4.62. The van der Waals surface area contributed by atoms with Gasteiger partial charge in [0.2, 0.25) is 11.8 Å². The van der Waals surface area contributed by atoms with Gasteiger partial charge in [-0.3, -0.25) is 19.2 Å². The summed E-state index contributed by atoms with van der Waals surface area (Å²) in [6.45, 7) is 1.95. The second-order valence-electron chi connectivity index (χ2n) is 7.11. The van der Waals surface area contributed by atoms with Crippen molar-refractivity contribution in [1.29, 1.82) is 0 Å². The van der Waals surface area contributed by atoms with Crippen molar-refractivity contribution in [2.24, 2.45) is 11.7 Å². The first-order chi connectivity index (χ1) is 14.2. The summed E-state index contributed by atoms with van der Waals surface area (Å²) in [5.74, 6) is -2.19. The molecular formula is C22H25FN2O4S. The van der Waals surface area contributed by atoms with Gasteiger partial charge < -0.3 is 11.1 Å². The van der Waals surface area contributed by atoms with E-state index in [9.17, 15) is 23.6 Å². The Labute approximate surface area is 178 Å². The predicted octanol–water partition coefficient (Wildman–Crippen LogP) is 2.97. The highest BCUT2D eigenvalue weighted by Gasteiger charge is 2.18. The van der Waals surface area contributed by atoms with E-state index < -0.39 is 11.8 Å². The molecule has 1 heterocycles. The van der Waals surface area contributed by atoms with Gasteiger partial charge in [0.25, 0.3) is 0 Å². The second kappa shape index (κ2) is 11.3. The first-order valence-corrected chi connectivity index (χ1v) is 10.5. The van der Waals surface area contributed by atoms with Crippen molar-refractivity contribution in [2.45, 2.75) is 39.0 Å². The molecular weight excluding hydrogens is 407 g/mol. The molecule has 0 aliphatic carbocycles. The van der Waals surface area contributed by atoms with Crippen molar-refractivity contribution in [3.8, 4) is 0 Å². The fourth-order valence-corrected chi connectivity index (χ4v) is 3.68. The summed E-state index contributed by atoms with van der Waals surface area (Å²) in [6.07, 6.45) is 0.507. The topological polar surface area (TPSA) is 106 Å². The maximum Gasteiger partial charge on any atom is 0.222 e. The summed E-state index contributed by atoms with van der Waals surface area (Å²) in [5.41, 5.74) is 6.12. The van der Waals surface area contributed by atoms with Crippen LogP contribution in [0.4, 0.5) is 4.39 Å². The van der Waals surface area contributed by atoms with Gasteiger partial charge in [-0.2, -0.15) is 0 Å². The number of Topliss-reactive ketones (excluding diaryl/α,β-unsaturated/α-hetero) is 2. The Hall–Kier alpha value is -2.87. The second-order valence-corrected chi connectivity index (χ2v) is 8.39. The lowest BCUT2D eigenvalue weighted by atomic mass is 9.98. The van der Waals surface area contributed by atoms with Crippen molar-refractivity contribution in [1.82, 2.24) is 5.32 Å². The zero-order valence-corrected chi connectivity index (χ0v) is 17.6. The van der Waals surface area contributed by atoms with E-state index >= 15 is 0 Å². The van der Waals surface area contributed by atoms with E-state index in [0.717, 1.165) is 10.4 Å². The van der Waals surface area contributed by atoms with Crippen LogP contribution in [0.3, 0.4) is 0 Å². The zero-order valence-electron chi connectivity index (χ0n) is 16.8. The number of rotatable bonds is 12. The van der Waals surface area contributed by atoms with E-state index in [2.05, 4.69) is 5.32 Å². The molecule has 8 heteroatoms. The van der Waals surface area contributed by atoms with Gasteiger partial charge in [-0.05, 0) is 43.2 Å². The van der Waals surface area contributed by atoms with Crippen LogP contribution in [0, 0.1) is 18.7 Å². The molecule has 1 unspecified atom stereocenters. The molecule has 1 atom stereocenters. The maximum absolute atomic E-state index is 13.0. The minimum absolute atomic E-state index is 0.0207. The number of amides is 2. The number of benzene rings is 1. The van der Waals surface area contributed by atoms with Crippen molar-refractivity contribution in [3.05, 3.63) is 57.5 Å². The molecule has 0 aliphatic heterocycles. The van der Waals surface area contributed by atoms with Crippen LogP contribution >= 0.6 is 11.3 Å². The zero-order chi connectivity index (χ0) is 22.1. The van der Waals surface area contributed by atoms with Crippen molar-refractivity contribution in [2.75, 3.05) is 6.54 Å². The van der Waals surface area contributed by atoms with Crippen molar-refractivity contribution < 1.29 is 23.6 Å². The van der Waals surface area contributed by atoms with Gasteiger partial charge >= 0.3 is 0 Å². The molecule has 0 fully saturated rings. The molecule has 0 aliphatic rings. The van der Waals surface area contributed by atoms with Crippen LogP contribution in [0.25, 0.3) is 0 Å². The summed E-state index contributed by atoms with van der Waals surface area (Å²) >= 11 is 1.40. The first kappa shape index (κ1) is 23.4. The molecule has 6 nitrogen and oxygen atoms in total. The van der Waals surface area contributed by atoms with Gasteiger partial charge in [-0.25, -0.2) is 4.39 Å². The van der Waals surface area contributed by atoms with Crippen LogP contribution in [0.5, 0.6) is 0 Å². The molecule has 2 aromatic rings. The van der Waals surface area contributed by atoms with Gasteiger partial charge in [0.05, 0.1) is 10.8 Å². The maximum atomic E-state index is 13.0. The summed E-state index contributed by atoms with van der Waals surface area (Å²) in [6, 6.07) is 9.32. The first-order valence-electron chi connectivity index (χ1n) is 9.66. The number of carbonyl (C=O) groups excluding carboxylic acids is 4. The third kappa shape index (κ3) is 7.87. The average Bonchev–Trinajstić information content (AvgIpc) is 3.15. The minimum Gasteiger partial charge on any atom is -0.369 e. The number of thiophene rings is 1. The Bertz CT molecular complexity index is 908. The molecule has 160 valence electrons. The van der Waals surface area contributed by atoms with Crippen LogP contribution < -0.4 is 11.1 Å². The van der Waals surface area contributed by atoms with Gasteiger partial charge in [0.1, 0.15) is 11.6 Å². The van der Waals surface area contributed by atoms with E-state index in [-0.39, 0.29) is 61.9 Å². The molecule has 1 aromatic heterocycles. The fourth-order valence-electron chi connectivity index (χ4n) is 2.84. The van der Waals surface area contributed by atoms with Crippen LogP contribution in [0.15, 0.2) is 36.4 Å². The quantitative estimate of drug-likeness (QED) is 0.503. The third-order valence-corrected chi connectivity index (χ3v) is 5.66.